The number of benzene rings is 2. The van der Waals surface area contributed by atoms with E-state index in [-0.39, 0.29) is 0 Å². The van der Waals surface area contributed by atoms with Crippen LogP contribution in [0, 0.1) is 0 Å². The van der Waals surface area contributed by atoms with Gasteiger partial charge in [0.15, 0.2) is 0 Å². The van der Waals surface area contributed by atoms with E-state index in [1.165, 1.54) is 0 Å². The second kappa shape index (κ2) is 4.89. The first-order valence-electron chi connectivity index (χ1n) is 6.42. The molecule has 3 aromatic rings. The van der Waals surface area contributed by atoms with Crippen LogP contribution in [0.15, 0.2) is 60.8 Å². The third-order valence-electron chi connectivity index (χ3n) is 3.56. The zero-order valence-corrected chi connectivity index (χ0v) is 11.8. The summed E-state index contributed by atoms with van der Waals surface area (Å²) in [5, 5.41) is 12.5. The lowest BCUT2D eigenvalue weighted by molar-refractivity contribution is 0.104. The van der Waals surface area contributed by atoms with Crippen LogP contribution in [0.2, 0.25) is 5.02 Å². The van der Waals surface area contributed by atoms with Crippen molar-refractivity contribution in [1.29, 1.82) is 0 Å². The minimum Gasteiger partial charge on any atom is -0.381 e. The molecule has 1 aromatic heterocycles. The number of rotatable bonds is 2. The predicted octanol–water partition coefficient (Wildman–Crippen LogP) is 4.14. The molecule has 2 aromatic carbocycles. The molecular weight excluding hydrogens is 270 g/mol. The van der Waals surface area contributed by atoms with E-state index in [0.29, 0.717) is 5.02 Å². The van der Waals surface area contributed by atoms with Crippen molar-refractivity contribution in [2.24, 2.45) is 0 Å². The van der Waals surface area contributed by atoms with Crippen LogP contribution in [0.1, 0.15) is 18.1 Å². The zero-order valence-electron chi connectivity index (χ0n) is 11.0. The Labute approximate surface area is 122 Å². The molecule has 0 spiro atoms. The fourth-order valence-electron chi connectivity index (χ4n) is 2.47. The Kier molecular flexibility index (Phi) is 3.20. The Morgan fingerprint density at radius 2 is 1.85 bits per heavy atom. The first-order valence-corrected chi connectivity index (χ1v) is 6.79. The molecule has 0 saturated heterocycles. The average Bonchev–Trinajstić information content (AvgIpc) is 2.46. The molecule has 3 heteroatoms. The molecule has 0 fully saturated rings. The topological polar surface area (TPSA) is 33.1 Å². The van der Waals surface area contributed by atoms with Crippen molar-refractivity contribution >= 4 is 22.5 Å². The second-order valence-corrected chi connectivity index (χ2v) is 5.39. The Morgan fingerprint density at radius 3 is 2.65 bits per heavy atom. The number of aromatic nitrogens is 1. The van der Waals surface area contributed by atoms with E-state index in [1.54, 1.807) is 25.3 Å². The SMILES string of the molecule is CC(O)(c1cccc(Cl)c1)c1cccc2ncccc12. The molecule has 20 heavy (non-hydrogen) atoms. The van der Waals surface area contributed by atoms with E-state index in [0.717, 1.165) is 22.0 Å². The Bertz CT molecular complexity index is 762. The van der Waals surface area contributed by atoms with Gasteiger partial charge in [0.25, 0.3) is 0 Å². The van der Waals surface area contributed by atoms with Crippen LogP contribution < -0.4 is 0 Å². The highest BCUT2D eigenvalue weighted by Gasteiger charge is 2.27. The van der Waals surface area contributed by atoms with Crippen LogP contribution in [0.25, 0.3) is 10.9 Å². The fourth-order valence-corrected chi connectivity index (χ4v) is 2.66. The van der Waals surface area contributed by atoms with Gasteiger partial charge in [-0.15, -0.1) is 0 Å². The van der Waals surface area contributed by atoms with E-state index < -0.39 is 5.60 Å². The molecule has 1 atom stereocenters. The van der Waals surface area contributed by atoms with Crippen LogP contribution >= 0.6 is 11.6 Å². The normalized spacial score (nSPS) is 14.2. The first-order chi connectivity index (χ1) is 9.59. The standard InChI is InChI=1S/C17H14ClNO/c1-17(20,12-5-2-6-13(18)11-12)15-8-3-9-16-14(15)7-4-10-19-16/h2-11,20H,1H3. The number of pyridine rings is 1. The number of halogens is 1. The molecule has 1 heterocycles. The maximum absolute atomic E-state index is 11.0. The van der Waals surface area contributed by atoms with Crippen molar-refractivity contribution in [3.8, 4) is 0 Å². The van der Waals surface area contributed by atoms with Crippen molar-refractivity contribution < 1.29 is 5.11 Å². The Morgan fingerprint density at radius 1 is 1.05 bits per heavy atom. The summed E-state index contributed by atoms with van der Waals surface area (Å²) in [6.45, 7) is 1.78. The van der Waals surface area contributed by atoms with E-state index in [4.69, 9.17) is 11.6 Å². The zero-order chi connectivity index (χ0) is 14.2. The molecular formula is C17H14ClNO. The van der Waals surface area contributed by atoms with Gasteiger partial charge in [-0.05, 0) is 42.3 Å². The van der Waals surface area contributed by atoms with Crippen molar-refractivity contribution in [2.75, 3.05) is 0 Å². The number of aliphatic hydroxyl groups is 1. The van der Waals surface area contributed by atoms with E-state index in [1.807, 2.05) is 42.5 Å². The second-order valence-electron chi connectivity index (χ2n) is 4.96. The number of hydrogen-bond acceptors (Lipinski definition) is 2. The lowest BCUT2D eigenvalue weighted by atomic mass is 9.86. The van der Waals surface area contributed by atoms with Crippen LogP contribution in [0.4, 0.5) is 0 Å². The van der Waals surface area contributed by atoms with Gasteiger partial charge >= 0.3 is 0 Å². The molecule has 0 saturated carbocycles. The summed E-state index contributed by atoms with van der Waals surface area (Å²) in [6, 6.07) is 16.9. The smallest absolute Gasteiger partial charge is 0.112 e. The third-order valence-corrected chi connectivity index (χ3v) is 3.79. The molecule has 1 N–H and O–H groups in total. The minimum absolute atomic E-state index is 0.612. The van der Waals surface area contributed by atoms with E-state index in [2.05, 4.69) is 4.98 Å². The average molecular weight is 284 g/mol. The predicted molar refractivity (Wildman–Crippen MR) is 81.9 cm³/mol. The van der Waals surface area contributed by atoms with Crippen molar-refractivity contribution in [1.82, 2.24) is 4.98 Å². The lowest BCUT2D eigenvalue weighted by Gasteiger charge is -2.26. The quantitative estimate of drug-likeness (QED) is 0.766. The Hall–Kier alpha value is -1.90. The lowest BCUT2D eigenvalue weighted by Crippen LogP contribution is -2.23. The summed E-state index contributed by atoms with van der Waals surface area (Å²) in [7, 11) is 0. The molecule has 3 rings (SSSR count). The molecule has 0 aliphatic carbocycles. The van der Waals surface area contributed by atoms with Crippen molar-refractivity contribution in [3.05, 3.63) is 76.9 Å². The van der Waals surface area contributed by atoms with Gasteiger partial charge in [0.2, 0.25) is 0 Å². The van der Waals surface area contributed by atoms with Gasteiger partial charge in [-0.25, -0.2) is 0 Å². The van der Waals surface area contributed by atoms with Crippen molar-refractivity contribution in [3.63, 3.8) is 0 Å². The molecule has 0 aliphatic rings. The van der Waals surface area contributed by atoms with E-state index >= 15 is 0 Å². The third kappa shape index (κ3) is 2.17. The summed E-state index contributed by atoms with van der Waals surface area (Å²) < 4.78 is 0. The van der Waals surface area contributed by atoms with Crippen LogP contribution in [0.5, 0.6) is 0 Å². The van der Waals surface area contributed by atoms with Gasteiger partial charge in [0.05, 0.1) is 5.52 Å². The maximum atomic E-state index is 11.0. The van der Waals surface area contributed by atoms with Crippen LogP contribution in [-0.4, -0.2) is 10.1 Å². The summed E-state index contributed by atoms with van der Waals surface area (Å²) in [4.78, 5) is 4.33. The highest BCUT2D eigenvalue weighted by Crippen LogP contribution is 2.34. The van der Waals surface area contributed by atoms with Crippen LogP contribution in [-0.2, 0) is 5.60 Å². The summed E-state index contributed by atoms with van der Waals surface area (Å²) in [5.74, 6) is 0. The monoisotopic (exact) mass is 283 g/mol. The van der Waals surface area contributed by atoms with Crippen LogP contribution in [0.3, 0.4) is 0 Å². The highest BCUT2D eigenvalue weighted by molar-refractivity contribution is 6.30. The van der Waals surface area contributed by atoms with E-state index in [9.17, 15) is 5.11 Å². The maximum Gasteiger partial charge on any atom is 0.112 e. The van der Waals surface area contributed by atoms with Gasteiger partial charge in [0, 0.05) is 16.6 Å². The summed E-state index contributed by atoms with van der Waals surface area (Å²) in [5.41, 5.74) is 1.34. The molecule has 0 radical (unpaired) electrons. The van der Waals surface area contributed by atoms with Gasteiger partial charge in [-0.2, -0.15) is 0 Å². The fraction of sp³-hybridized carbons (Fsp3) is 0.118. The number of hydrogen-bond donors (Lipinski definition) is 1. The molecule has 1 unspecified atom stereocenters. The number of fused-ring (bicyclic) bond motifs is 1. The minimum atomic E-state index is -1.12. The first kappa shape index (κ1) is 13.1. The summed E-state index contributed by atoms with van der Waals surface area (Å²) >= 11 is 6.03. The van der Waals surface area contributed by atoms with Gasteiger partial charge in [-0.3, -0.25) is 4.98 Å². The van der Waals surface area contributed by atoms with Crippen molar-refractivity contribution in [2.45, 2.75) is 12.5 Å². The molecule has 100 valence electrons. The molecule has 2 nitrogen and oxygen atoms in total. The van der Waals surface area contributed by atoms with Gasteiger partial charge < -0.3 is 5.11 Å². The van der Waals surface area contributed by atoms with Gasteiger partial charge in [0.1, 0.15) is 5.60 Å². The summed E-state index contributed by atoms with van der Waals surface area (Å²) in [6.07, 6.45) is 1.75. The van der Waals surface area contributed by atoms with Gasteiger partial charge in [-0.1, -0.05) is 41.9 Å². The highest BCUT2D eigenvalue weighted by atomic mass is 35.5. The number of nitrogens with zero attached hydrogens (tertiary/aromatic N) is 1. The molecule has 0 amide bonds. The molecule has 0 bridgehead atoms. The molecule has 0 aliphatic heterocycles. The largest absolute Gasteiger partial charge is 0.381 e. The Balaban J connectivity index is 2.23.